The molecule has 0 aliphatic heterocycles. The van der Waals surface area contributed by atoms with E-state index < -0.39 is 12.7 Å². The molecule has 0 aromatic carbocycles. The molecule has 8 heavy (non-hydrogen) atoms. The molecule has 0 rings (SSSR count). The fourth-order valence-corrected chi connectivity index (χ4v) is 0.0767. The Balaban J connectivity index is 3.64. The Morgan fingerprint density at radius 2 is 2.00 bits per heavy atom. The van der Waals surface area contributed by atoms with Crippen LogP contribution in [0.5, 0.6) is 0 Å². The van der Waals surface area contributed by atoms with Gasteiger partial charge in [0, 0.05) is 7.05 Å². The van der Waals surface area contributed by atoms with Crippen LogP contribution in [0, 0.1) is 0 Å². The van der Waals surface area contributed by atoms with Crippen LogP contribution in [-0.2, 0) is 0 Å². The van der Waals surface area contributed by atoms with Gasteiger partial charge in [0.15, 0.2) is 0 Å². The number of carbonyl (C=O) groups excluding carboxylic acids is 1. The van der Waals surface area contributed by atoms with Gasteiger partial charge in [-0.3, -0.25) is 4.90 Å². The Bertz CT molecular complexity index is 94.5. The zero-order valence-electron chi connectivity index (χ0n) is 4.07. The predicted molar refractivity (Wildman–Crippen MR) is 20.3 cm³/mol. The predicted octanol–water partition coefficient (Wildman–Crippen LogP) is 1.23. The van der Waals surface area contributed by atoms with Gasteiger partial charge in [-0.25, -0.2) is 4.79 Å². The lowest BCUT2D eigenvalue weighted by atomic mass is 10.9. The van der Waals surface area contributed by atoms with Gasteiger partial charge in [0.2, 0.25) is 0 Å². The topological polar surface area (TPSA) is 20.3 Å². The quantitative estimate of drug-likeness (QED) is 0.383. The Kier molecular flexibility index (Phi) is 2.30. The van der Waals surface area contributed by atoms with Crippen LogP contribution in [0.4, 0.5) is 18.0 Å². The van der Waals surface area contributed by atoms with Crippen LogP contribution < -0.4 is 0 Å². The van der Waals surface area contributed by atoms with E-state index in [1.54, 1.807) is 0 Å². The molecule has 0 aliphatic rings. The highest BCUT2D eigenvalue weighted by Gasteiger charge is 2.15. The van der Waals surface area contributed by atoms with Gasteiger partial charge in [-0.05, 0) is 0 Å². The summed E-state index contributed by atoms with van der Waals surface area (Å²) in [4.78, 5) is 9.06. The average molecular weight is 127 g/mol. The summed E-state index contributed by atoms with van der Waals surface area (Å²) >= 11 is 0. The molecule has 0 unspecified atom stereocenters. The molecule has 0 aromatic rings. The molecule has 0 aromatic heterocycles. The smallest absolute Gasteiger partial charge is 0.261 e. The SMILES string of the molecule is CN(C(=O)F)C(F)F. The van der Waals surface area contributed by atoms with Crippen molar-refractivity contribution in [1.82, 2.24) is 4.90 Å². The van der Waals surface area contributed by atoms with Crippen LogP contribution in [0.25, 0.3) is 0 Å². The van der Waals surface area contributed by atoms with E-state index in [2.05, 4.69) is 0 Å². The van der Waals surface area contributed by atoms with E-state index >= 15 is 0 Å². The van der Waals surface area contributed by atoms with E-state index in [9.17, 15) is 18.0 Å². The standard InChI is InChI=1S/C3H4F3NO/c1-7(2(4)5)3(6)8/h2H,1H3. The zero-order chi connectivity index (χ0) is 6.73. The van der Waals surface area contributed by atoms with Crippen LogP contribution in [0.1, 0.15) is 0 Å². The van der Waals surface area contributed by atoms with Crippen molar-refractivity contribution >= 4 is 6.16 Å². The lowest BCUT2D eigenvalue weighted by Gasteiger charge is -2.08. The Labute approximate surface area is 43.9 Å². The lowest BCUT2D eigenvalue weighted by Crippen LogP contribution is -2.26. The molecular formula is C3H4F3NO. The van der Waals surface area contributed by atoms with Crippen molar-refractivity contribution in [1.29, 1.82) is 0 Å². The normalized spacial score (nSPS) is 9.62. The van der Waals surface area contributed by atoms with Gasteiger partial charge in [0.25, 0.3) is 0 Å². The number of nitrogens with zero attached hydrogens (tertiary/aromatic N) is 1. The minimum atomic E-state index is -3.05. The van der Waals surface area contributed by atoms with Crippen molar-refractivity contribution in [3.63, 3.8) is 0 Å². The molecule has 5 heteroatoms. The Morgan fingerprint density at radius 1 is 1.62 bits per heavy atom. The van der Waals surface area contributed by atoms with E-state index in [4.69, 9.17) is 0 Å². The maximum atomic E-state index is 11.2. The molecular weight excluding hydrogens is 123 g/mol. The molecule has 0 saturated carbocycles. The van der Waals surface area contributed by atoms with Crippen LogP contribution in [0.3, 0.4) is 0 Å². The van der Waals surface area contributed by atoms with Gasteiger partial charge in [0.05, 0.1) is 0 Å². The second kappa shape index (κ2) is 2.54. The van der Waals surface area contributed by atoms with Crippen molar-refractivity contribution < 1.29 is 18.0 Å². The minimum absolute atomic E-state index is 0.306. The molecule has 0 bridgehead atoms. The molecule has 0 heterocycles. The summed E-state index contributed by atoms with van der Waals surface area (Å²) in [5, 5.41) is 0. The van der Waals surface area contributed by atoms with Gasteiger partial charge < -0.3 is 0 Å². The van der Waals surface area contributed by atoms with Crippen LogP contribution in [-0.4, -0.2) is 24.7 Å². The van der Waals surface area contributed by atoms with Crippen LogP contribution in [0.2, 0.25) is 0 Å². The summed E-state index contributed by atoms with van der Waals surface area (Å²) < 4.78 is 33.4. The molecule has 0 fully saturated rings. The van der Waals surface area contributed by atoms with Gasteiger partial charge in [-0.15, -0.1) is 4.39 Å². The molecule has 48 valence electrons. The maximum Gasteiger partial charge on any atom is 0.404 e. The summed E-state index contributed by atoms with van der Waals surface area (Å²) in [7, 11) is 0.674. The average Bonchev–Trinajstić information content (AvgIpc) is 1.64. The van der Waals surface area contributed by atoms with Crippen molar-refractivity contribution in [3.8, 4) is 0 Å². The largest absolute Gasteiger partial charge is 0.404 e. The number of hydrogen-bond donors (Lipinski definition) is 0. The molecule has 0 radical (unpaired) electrons. The number of hydrogen-bond acceptors (Lipinski definition) is 1. The second-order valence-corrected chi connectivity index (χ2v) is 1.14. The summed E-state index contributed by atoms with van der Waals surface area (Å²) in [5.41, 5.74) is 0. The summed E-state index contributed by atoms with van der Waals surface area (Å²) in [6, 6.07) is 0. The molecule has 2 nitrogen and oxygen atoms in total. The Hall–Kier alpha value is -0.740. The van der Waals surface area contributed by atoms with Crippen LogP contribution >= 0.6 is 0 Å². The highest BCUT2D eigenvalue weighted by Crippen LogP contribution is 1.99. The van der Waals surface area contributed by atoms with Gasteiger partial charge in [0.1, 0.15) is 0 Å². The van der Waals surface area contributed by atoms with Gasteiger partial charge >= 0.3 is 12.7 Å². The first kappa shape index (κ1) is 7.26. The lowest BCUT2D eigenvalue weighted by molar-refractivity contribution is 0.00997. The molecule has 0 saturated heterocycles. The van der Waals surface area contributed by atoms with Crippen molar-refractivity contribution in [3.05, 3.63) is 0 Å². The van der Waals surface area contributed by atoms with E-state index in [0.717, 1.165) is 0 Å². The number of amides is 1. The molecule has 0 spiro atoms. The van der Waals surface area contributed by atoms with E-state index in [1.807, 2.05) is 0 Å². The first-order valence-electron chi connectivity index (χ1n) is 1.76. The third-order valence-corrected chi connectivity index (χ3v) is 0.570. The van der Waals surface area contributed by atoms with Gasteiger partial charge in [-0.1, -0.05) is 0 Å². The summed E-state index contributed by atoms with van der Waals surface area (Å²) in [5.74, 6) is 0. The Morgan fingerprint density at radius 3 is 2.00 bits per heavy atom. The summed E-state index contributed by atoms with van der Waals surface area (Å²) in [6.07, 6.45) is -2.12. The second-order valence-electron chi connectivity index (χ2n) is 1.14. The summed E-state index contributed by atoms with van der Waals surface area (Å²) in [6.45, 7) is -3.05. The minimum Gasteiger partial charge on any atom is -0.261 e. The third kappa shape index (κ3) is 1.81. The number of carbonyl (C=O) groups is 1. The zero-order valence-corrected chi connectivity index (χ0v) is 4.07. The highest BCUT2D eigenvalue weighted by molar-refractivity contribution is 5.65. The third-order valence-electron chi connectivity index (χ3n) is 0.570. The van der Waals surface area contributed by atoms with Gasteiger partial charge in [-0.2, -0.15) is 8.78 Å². The molecule has 0 N–H and O–H groups in total. The first-order chi connectivity index (χ1) is 3.55. The van der Waals surface area contributed by atoms with E-state index in [-0.39, 0.29) is 4.90 Å². The maximum absolute atomic E-state index is 11.2. The number of halogens is 3. The monoisotopic (exact) mass is 127 g/mol. The number of alkyl halides is 2. The first-order valence-corrected chi connectivity index (χ1v) is 1.76. The highest BCUT2D eigenvalue weighted by atomic mass is 19.3. The van der Waals surface area contributed by atoms with Crippen molar-refractivity contribution in [2.75, 3.05) is 7.05 Å². The van der Waals surface area contributed by atoms with Crippen molar-refractivity contribution in [2.24, 2.45) is 0 Å². The van der Waals surface area contributed by atoms with E-state index in [1.165, 1.54) is 0 Å². The molecule has 1 amide bonds. The van der Waals surface area contributed by atoms with Crippen LogP contribution in [0.15, 0.2) is 0 Å². The fourth-order valence-electron chi connectivity index (χ4n) is 0.0767. The number of rotatable bonds is 1. The molecule has 0 atom stereocenters. The van der Waals surface area contributed by atoms with Crippen molar-refractivity contribution in [2.45, 2.75) is 6.55 Å². The molecule has 0 aliphatic carbocycles. The van der Waals surface area contributed by atoms with E-state index in [0.29, 0.717) is 7.05 Å². The fraction of sp³-hybridized carbons (Fsp3) is 0.667.